The summed E-state index contributed by atoms with van der Waals surface area (Å²) in [5.74, 6) is -0.987. The summed E-state index contributed by atoms with van der Waals surface area (Å²) in [6.07, 6.45) is 8.96. The minimum atomic E-state index is -0.987. The number of rotatable bonds is 5. The van der Waals surface area contributed by atoms with E-state index in [4.69, 9.17) is 4.98 Å². The Bertz CT molecular complexity index is 1060. The van der Waals surface area contributed by atoms with Gasteiger partial charge in [0.25, 0.3) is 0 Å². The molecule has 0 aromatic carbocycles. The van der Waals surface area contributed by atoms with Crippen LogP contribution < -0.4 is 0 Å². The summed E-state index contributed by atoms with van der Waals surface area (Å²) in [5, 5.41) is 14.6. The van der Waals surface area contributed by atoms with E-state index >= 15 is 0 Å². The zero-order chi connectivity index (χ0) is 20.5. The summed E-state index contributed by atoms with van der Waals surface area (Å²) >= 11 is 0. The van der Waals surface area contributed by atoms with Gasteiger partial charge in [-0.3, -0.25) is 4.98 Å². The summed E-state index contributed by atoms with van der Waals surface area (Å²) in [6, 6.07) is 2.06. The molecule has 0 saturated heterocycles. The lowest BCUT2D eigenvalue weighted by Gasteiger charge is -2.21. The van der Waals surface area contributed by atoms with E-state index in [-0.39, 0.29) is 5.41 Å². The molecule has 3 heterocycles. The van der Waals surface area contributed by atoms with Crippen LogP contribution in [0, 0.1) is 12.3 Å². The van der Waals surface area contributed by atoms with Gasteiger partial charge in [0.15, 0.2) is 5.65 Å². The Balaban J connectivity index is 2.42. The molecule has 0 bridgehead atoms. The van der Waals surface area contributed by atoms with Crippen molar-refractivity contribution < 1.29 is 9.90 Å². The fourth-order valence-corrected chi connectivity index (χ4v) is 3.36. The molecule has 0 atom stereocenters. The Labute approximate surface area is 164 Å². The first-order valence-corrected chi connectivity index (χ1v) is 9.41. The fraction of sp³-hybridized carbons (Fsp3) is 0.364. The maximum Gasteiger partial charge on any atom is 0.328 e. The van der Waals surface area contributed by atoms with Crippen molar-refractivity contribution in [3.05, 3.63) is 47.6 Å². The number of fused-ring (bicyclic) bond motifs is 1. The molecule has 1 N–H and O–H groups in total. The summed E-state index contributed by atoms with van der Waals surface area (Å²) in [6.45, 7) is 11.2. The van der Waals surface area contributed by atoms with Crippen LogP contribution in [-0.4, -0.2) is 30.8 Å². The van der Waals surface area contributed by atoms with Crippen LogP contribution in [0.5, 0.6) is 0 Å². The molecule has 0 radical (unpaired) electrons. The van der Waals surface area contributed by atoms with E-state index in [2.05, 4.69) is 36.9 Å². The van der Waals surface area contributed by atoms with Crippen molar-refractivity contribution in [3.8, 4) is 11.1 Å². The van der Waals surface area contributed by atoms with Gasteiger partial charge in [-0.1, -0.05) is 20.8 Å². The number of aromatic nitrogens is 4. The number of aliphatic carboxylic acids is 1. The van der Waals surface area contributed by atoms with Crippen molar-refractivity contribution in [2.24, 2.45) is 5.41 Å². The average Bonchev–Trinajstić information content (AvgIpc) is 3.00. The number of hydrogen-bond donors (Lipinski definition) is 1. The Hall–Kier alpha value is -3.02. The molecular weight excluding hydrogens is 352 g/mol. The van der Waals surface area contributed by atoms with E-state index in [1.165, 1.54) is 6.08 Å². The van der Waals surface area contributed by atoms with Crippen LogP contribution in [0.15, 0.2) is 30.7 Å². The standard InChI is InChI=1S/C22H26N4O2/c1-6-26-21-17(13-24-26)20(15-9-14(2)11-23-12-15)16(7-8-19(27)28)18(25-21)10-22(3,4)5/h7-9,11-13H,6,10H2,1-5H3,(H,27,28). The number of pyridine rings is 2. The van der Waals surface area contributed by atoms with Gasteiger partial charge < -0.3 is 5.11 Å². The third kappa shape index (κ3) is 4.11. The van der Waals surface area contributed by atoms with Gasteiger partial charge in [0.1, 0.15) is 0 Å². The smallest absolute Gasteiger partial charge is 0.328 e. The molecular formula is C22H26N4O2. The number of aryl methyl sites for hydroxylation is 2. The largest absolute Gasteiger partial charge is 0.478 e. The Morgan fingerprint density at radius 1 is 1.25 bits per heavy atom. The van der Waals surface area contributed by atoms with Gasteiger partial charge in [0.05, 0.1) is 11.9 Å². The predicted molar refractivity (Wildman–Crippen MR) is 111 cm³/mol. The van der Waals surface area contributed by atoms with Crippen molar-refractivity contribution in [2.75, 3.05) is 0 Å². The minimum Gasteiger partial charge on any atom is -0.478 e. The number of carbonyl (C=O) groups is 1. The van der Waals surface area contributed by atoms with Crippen LogP contribution in [0.2, 0.25) is 0 Å². The Kier molecular flexibility index (Phi) is 5.31. The molecule has 0 spiro atoms. The molecule has 0 amide bonds. The molecule has 6 heteroatoms. The van der Waals surface area contributed by atoms with Gasteiger partial charge in [-0.25, -0.2) is 14.5 Å². The number of carboxylic acid groups (broad SMARTS) is 1. The highest BCUT2D eigenvalue weighted by Crippen LogP contribution is 2.36. The van der Waals surface area contributed by atoms with Gasteiger partial charge in [-0.15, -0.1) is 0 Å². The van der Waals surface area contributed by atoms with E-state index < -0.39 is 5.97 Å². The van der Waals surface area contributed by atoms with Crippen molar-refractivity contribution >= 4 is 23.1 Å². The topological polar surface area (TPSA) is 80.9 Å². The monoisotopic (exact) mass is 378 g/mol. The summed E-state index contributed by atoms with van der Waals surface area (Å²) < 4.78 is 1.87. The number of nitrogens with zero attached hydrogens (tertiary/aromatic N) is 4. The zero-order valence-corrected chi connectivity index (χ0v) is 17.0. The molecule has 0 unspecified atom stereocenters. The van der Waals surface area contributed by atoms with E-state index in [0.29, 0.717) is 13.0 Å². The molecule has 0 aliphatic rings. The zero-order valence-electron chi connectivity index (χ0n) is 17.0. The van der Waals surface area contributed by atoms with Crippen LogP contribution in [-0.2, 0) is 17.8 Å². The maximum absolute atomic E-state index is 11.2. The fourth-order valence-electron chi connectivity index (χ4n) is 3.36. The molecule has 6 nitrogen and oxygen atoms in total. The van der Waals surface area contributed by atoms with Crippen LogP contribution in [0.3, 0.4) is 0 Å². The summed E-state index contributed by atoms with van der Waals surface area (Å²) in [4.78, 5) is 20.5. The molecule has 3 aromatic heterocycles. The first kappa shape index (κ1) is 19.7. The Morgan fingerprint density at radius 3 is 2.61 bits per heavy atom. The van der Waals surface area contributed by atoms with Crippen molar-refractivity contribution in [3.63, 3.8) is 0 Å². The summed E-state index contributed by atoms with van der Waals surface area (Å²) in [5.41, 5.74) is 5.38. The molecule has 28 heavy (non-hydrogen) atoms. The van der Waals surface area contributed by atoms with E-state index in [0.717, 1.165) is 39.0 Å². The summed E-state index contributed by atoms with van der Waals surface area (Å²) in [7, 11) is 0. The SMILES string of the molecule is CCn1ncc2c(-c3cncc(C)c3)c(C=CC(=O)O)c(CC(C)(C)C)nc21. The minimum absolute atomic E-state index is 0.00825. The lowest BCUT2D eigenvalue weighted by atomic mass is 9.86. The molecule has 0 saturated carbocycles. The molecule has 146 valence electrons. The average molecular weight is 378 g/mol. The first-order valence-electron chi connectivity index (χ1n) is 9.41. The Morgan fingerprint density at radius 2 is 2.00 bits per heavy atom. The van der Waals surface area contributed by atoms with Gasteiger partial charge in [0.2, 0.25) is 0 Å². The highest BCUT2D eigenvalue weighted by atomic mass is 16.4. The third-order valence-electron chi connectivity index (χ3n) is 4.46. The van der Waals surface area contributed by atoms with Gasteiger partial charge in [0, 0.05) is 47.1 Å². The third-order valence-corrected chi connectivity index (χ3v) is 4.46. The predicted octanol–water partition coefficient (Wildman–Crippen LogP) is 4.51. The van der Waals surface area contributed by atoms with Gasteiger partial charge in [-0.05, 0) is 43.4 Å². The van der Waals surface area contributed by atoms with Crippen molar-refractivity contribution in [1.82, 2.24) is 19.7 Å². The van der Waals surface area contributed by atoms with Gasteiger partial charge in [-0.2, -0.15) is 5.10 Å². The van der Waals surface area contributed by atoms with Crippen molar-refractivity contribution in [2.45, 2.75) is 47.6 Å². The van der Waals surface area contributed by atoms with Crippen LogP contribution in [0.1, 0.15) is 44.5 Å². The highest BCUT2D eigenvalue weighted by molar-refractivity contribution is 5.99. The molecule has 3 rings (SSSR count). The van der Waals surface area contributed by atoms with Crippen molar-refractivity contribution in [1.29, 1.82) is 0 Å². The quantitative estimate of drug-likeness (QED) is 0.661. The van der Waals surface area contributed by atoms with E-state index in [1.807, 2.05) is 30.9 Å². The lowest BCUT2D eigenvalue weighted by molar-refractivity contribution is -0.131. The van der Waals surface area contributed by atoms with E-state index in [1.54, 1.807) is 12.3 Å². The molecule has 0 fully saturated rings. The van der Waals surface area contributed by atoms with Gasteiger partial charge >= 0.3 is 5.97 Å². The number of hydrogen-bond acceptors (Lipinski definition) is 4. The van der Waals surface area contributed by atoms with E-state index in [9.17, 15) is 9.90 Å². The maximum atomic E-state index is 11.2. The van der Waals surface area contributed by atoms with Crippen LogP contribution >= 0.6 is 0 Å². The van der Waals surface area contributed by atoms with Crippen LogP contribution in [0.4, 0.5) is 0 Å². The molecule has 0 aliphatic carbocycles. The number of carboxylic acids is 1. The first-order chi connectivity index (χ1) is 13.2. The second-order valence-corrected chi connectivity index (χ2v) is 8.20. The second kappa shape index (κ2) is 7.54. The molecule has 3 aromatic rings. The normalized spacial score (nSPS) is 12.2. The molecule has 0 aliphatic heterocycles. The second-order valence-electron chi connectivity index (χ2n) is 8.20. The van der Waals surface area contributed by atoms with Crippen LogP contribution in [0.25, 0.3) is 28.2 Å². The highest BCUT2D eigenvalue weighted by Gasteiger charge is 2.22. The lowest BCUT2D eigenvalue weighted by Crippen LogP contribution is -2.13.